The molecule has 1 radical (unpaired) electrons. The summed E-state index contributed by atoms with van der Waals surface area (Å²) in [5, 5.41) is 0. The molecule has 37 valence electrons. The topological polar surface area (TPSA) is 0 Å². The van der Waals surface area contributed by atoms with Crippen LogP contribution in [0.3, 0.4) is 0 Å². The van der Waals surface area contributed by atoms with E-state index in [1.54, 1.807) is 0 Å². The molecular formula is H4BrCl3V. The Morgan fingerprint density at radius 3 is 0.600 bits per heavy atom. The third-order valence-corrected chi connectivity index (χ3v) is 0. The van der Waals surface area contributed by atoms with Crippen LogP contribution in [0.2, 0.25) is 0 Å². The molecule has 5 heteroatoms. The number of rotatable bonds is 0. The minimum Gasteiger partial charge on any atom is -0.147 e. The van der Waals surface area contributed by atoms with Gasteiger partial charge in [-0.05, 0) is 0 Å². The molecule has 0 nitrogen and oxygen atoms in total. The number of halogens is 4. The Bertz CT molecular complexity index is 6.85. The van der Waals surface area contributed by atoms with Gasteiger partial charge in [0.05, 0.1) is 0 Å². The smallest absolute Gasteiger partial charge is 0 e. The van der Waals surface area contributed by atoms with Gasteiger partial charge in [-0.15, -0.1) is 54.2 Å². The molecule has 0 bridgehead atoms. The normalized spacial score (nSPS) is 0. The third kappa shape index (κ3) is 24.5. The fourth-order valence-electron chi connectivity index (χ4n) is 0. The van der Waals surface area contributed by atoms with Crippen LogP contribution in [0.15, 0.2) is 0 Å². The first-order valence-electron chi connectivity index (χ1n) is 0. The molecule has 5 heavy (non-hydrogen) atoms. The van der Waals surface area contributed by atoms with Gasteiger partial charge in [-0.1, -0.05) is 0 Å². The van der Waals surface area contributed by atoms with E-state index in [1.807, 2.05) is 0 Å². The van der Waals surface area contributed by atoms with Gasteiger partial charge in [-0.2, -0.15) is 0 Å². The zero-order valence-corrected chi connectivity index (χ0v) is 7.64. The molecule has 0 aromatic heterocycles. The summed E-state index contributed by atoms with van der Waals surface area (Å²) in [4.78, 5) is 0. The molecule has 0 saturated carbocycles. The molecule has 0 unspecified atom stereocenters. The van der Waals surface area contributed by atoms with E-state index >= 15 is 0 Å². The Morgan fingerprint density at radius 1 is 0.600 bits per heavy atom. The van der Waals surface area contributed by atoms with Crippen LogP contribution in [0.5, 0.6) is 0 Å². The summed E-state index contributed by atoms with van der Waals surface area (Å²) in [5.74, 6) is 0. The molecule has 0 aromatic rings. The second-order valence-electron chi connectivity index (χ2n) is 0. The van der Waals surface area contributed by atoms with Gasteiger partial charge in [-0.3, -0.25) is 0 Å². The standard InChI is InChI=1S/BrH.3ClH.V/h4*1H;. The summed E-state index contributed by atoms with van der Waals surface area (Å²) in [6, 6.07) is 0. The van der Waals surface area contributed by atoms with Crippen molar-refractivity contribution >= 4 is 54.2 Å². The maximum absolute atomic E-state index is 0. The van der Waals surface area contributed by atoms with Crippen LogP contribution in [0.4, 0.5) is 0 Å². The van der Waals surface area contributed by atoms with Gasteiger partial charge >= 0.3 is 0 Å². The van der Waals surface area contributed by atoms with Crippen molar-refractivity contribution in [1.82, 2.24) is 0 Å². The van der Waals surface area contributed by atoms with E-state index < -0.39 is 0 Å². The SMILES string of the molecule is Br.Cl.Cl.Cl.[V]. The summed E-state index contributed by atoms with van der Waals surface area (Å²) >= 11 is 0. The van der Waals surface area contributed by atoms with E-state index in [9.17, 15) is 0 Å². The van der Waals surface area contributed by atoms with Crippen molar-refractivity contribution < 1.29 is 18.6 Å². The Balaban J connectivity index is 0. The average Bonchev–Trinajstić information content (AvgIpc) is 0. The van der Waals surface area contributed by atoms with Gasteiger partial charge in [0.1, 0.15) is 0 Å². The van der Waals surface area contributed by atoms with Crippen LogP contribution >= 0.6 is 54.2 Å². The second-order valence-corrected chi connectivity index (χ2v) is 0. The molecule has 0 spiro atoms. The predicted molar refractivity (Wildman–Crippen MR) is 32.1 cm³/mol. The Hall–Kier alpha value is 1.93. The summed E-state index contributed by atoms with van der Waals surface area (Å²) in [6.07, 6.45) is 0. The molecular weight excluding hydrogens is 237 g/mol. The molecule has 0 atom stereocenters. The molecule has 0 aliphatic heterocycles. The Kier molecular flexibility index (Phi) is 504. The summed E-state index contributed by atoms with van der Waals surface area (Å²) in [6.45, 7) is 0. The first kappa shape index (κ1) is 65.3. The molecule has 0 rings (SSSR count). The summed E-state index contributed by atoms with van der Waals surface area (Å²) in [5.41, 5.74) is 0. The van der Waals surface area contributed by atoms with Crippen molar-refractivity contribution in [2.24, 2.45) is 0 Å². The first-order valence-corrected chi connectivity index (χ1v) is 0. The van der Waals surface area contributed by atoms with Crippen LogP contribution in [0, 0.1) is 0 Å². The van der Waals surface area contributed by atoms with Gasteiger partial charge in [0, 0.05) is 18.6 Å². The monoisotopic (exact) mass is 239 g/mol. The van der Waals surface area contributed by atoms with Crippen molar-refractivity contribution in [1.29, 1.82) is 0 Å². The van der Waals surface area contributed by atoms with Crippen molar-refractivity contribution in [2.75, 3.05) is 0 Å². The van der Waals surface area contributed by atoms with Crippen molar-refractivity contribution in [3.63, 3.8) is 0 Å². The maximum atomic E-state index is 0. The van der Waals surface area contributed by atoms with Crippen LogP contribution in [-0.2, 0) is 18.6 Å². The maximum Gasteiger partial charge on any atom is 0 e. The van der Waals surface area contributed by atoms with Crippen molar-refractivity contribution in [3.8, 4) is 0 Å². The zero-order valence-electron chi connectivity index (χ0n) is 2.08. The zero-order chi connectivity index (χ0) is 0. The fourth-order valence-corrected chi connectivity index (χ4v) is 0. The number of hydrogen-bond donors (Lipinski definition) is 0. The van der Waals surface area contributed by atoms with Gasteiger partial charge in [-0.25, -0.2) is 0 Å². The largest absolute Gasteiger partial charge is 0.147 e. The summed E-state index contributed by atoms with van der Waals surface area (Å²) < 4.78 is 0. The first-order chi connectivity index (χ1) is 0. The Morgan fingerprint density at radius 2 is 0.600 bits per heavy atom. The van der Waals surface area contributed by atoms with Gasteiger partial charge < -0.3 is 0 Å². The fraction of sp³-hybridized carbons (Fsp3) is 0. The minimum atomic E-state index is 0. The molecule has 0 aromatic carbocycles. The van der Waals surface area contributed by atoms with Crippen molar-refractivity contribution in [2.45, 2.75) is 0 Å². The molecule has 0 amide bonds. The molecule has 0 heterocycles. The van der Waals surface area contributed by atoms with Crippen LogP contribution in [0.1, 0.15) is 0 Å². The molecule has 0 aliphatic carbocycles. The third-order valence-electron chi connectivity index (χ3n) is 0. The van der Waals surface area contributed by atoms with Crippen LogP contribution in [0.25, 0.3) is 0 Å². The average molecular weight is 241 g/mol. The van der Waals surface area contributed by atoms with E-state index in [1.165, 1.54) is 0 Å². The van der Waals surface area contributed by atoms with E-state index in [4.69, 9.17) is 0 Å². The molecule has 0 saturated heterocycles. The second kappa shape index (κ2) is 38.6. The predicted octanol–water partition coefficient (Wildman–Crippen LogP) is 1.84. The van der Waals surface area contributed by atoms with Crippen LogP contribution < -0.4 is 0 Å². The van der Waals surface area contributed by atoms with E-state index in [0.717, 1.165) is 0 Å². The number of hydrogen-bond acceptors (Lipinski definition) is 0. The minimum absolute atomic E-state index is 0. The quantitative estimate of drug-likeness (QED) is 0.607. The molecule has 0 N–H and O–H groups in total. The van der Waals surface area contributed by atoms with E-state index in [0.29, 0.717) is 0 Å². The van der Waals surface area contributed by atoms with Gasteiger partial charge in [0.2, 0.25) is 0 Å². The van der Waals surface area contributed by atoms with Crippen LogP contribution in [-0.4, -0.2) is 0 Å². The van der Waals surface area contributed by atoms with Crippen molar-refractivity contribution in [3.05, 3.63) is 0 Å². The van der Waals surface area contributed by atoms with E-state index in [-0.39, 0.29) is 72.8 Å². The van der Waals surface area contributed by atoms with Gasteiger partial charge in [0.15, 0.2) is 0 Å². The summed E-state index contributed by atoms with van der Waals surface area (Å²) in [7, 11) is 0. The van der Waals surface area contributed by atoms with E-state index in [2.05, 4.69) is 0 Å². The molecule has 0 aliphatic rings. The Labute approximate surface area is 72.3 Å². The molecule has 0 fully saturated rings. The van der Waals surface area contributed by atoms with Gasteiger partial charge in [0.25, 0.3) is 0 Å².